The lowest BCUT2D eigenvalue weighted by molar-refractivity contribution is -0.136. The zero-order chi connectivity index (χ0) is 39.8. The minimum atomic E-state index is -0.998. The normalized spacial score (nSPS) is 18.7. The van der Waals surface area contributed by atoms with Gasteiger partial charge in [-0.05, 0) is 85.5 Å². The van der Waals surface area contributed by atoms with Gasteiger partial charge >= 0.3 is 0 Å². The molecular weight excluding hydrogens is 735 g/mol. The maximum Gasteiger partial charge on any atom is 0.262 e. The van der Waals surface area contributed by atoms with Crippen LogP contribution in [0.3, 0.4) is 0 Å². The number of ether oxygens (including phenoxy) is 3. The second kappa shape index (κ2) is 15.5. The number of aryl methyl sites for hydroxylation is 1. The summed E-state index contributed by atoms with van der Waals surface area (Å²) in [5.74, 6) is 6.15. The molecule has 1 N–H and O–H groups in total. The summed E-state index contributed by atoms with van der Waals surface area (Å²) in [6.07, 6.45) is 9.77. The predicted octanol–water partition coefficient (Wildman–Crippen LogP) is 6.78. The Morgan fingerprint density at radius 1 is 0.776 bits per heavy atom. The molecule has 2 aliphatic heterocycles. The first-order valence-electron chi connectivity index (χ1n) is 19.5. The first-order chi connectivity index (χ1) is 28.3. The van der Waals surface area contributed by atoms with Gasteiger partial charge in [0.15, 0.2) is 0 Å². The van der Waals surface area contributed by atoms with Crippen molar-refractivity contribution in [1.82, 2.24) is 24.8 Å². The van der Waals surface area contributed by atoms with E-state index in [0.29, 0.717) is 24.7 Å². The van der Waals surface area contributed by atoms with Crippen LogP contribution in [0.5, 0.6) is 17.4 Å². The Balaban J connectivity index is 0.683. The molecule has 0 spiro atoms. The van der Waals surface area contributed by atoms with Gasteiger partial charge in [0.25, 0.3) is 11.8 Å². The third-order valence-corrected chi connectivity index (χ3v) is 11.0. The lowest BCUT2D eigenvalue weighted by Crippen LogP contribution is -2.54. The lowest BCUT2D eigenvalue weighted by atomic mass is 9.92. The fourth-order valence-corrected chi connectivity index (χ4v) is 7.75. The number of unbranched alkanes of at least 4 members (excludes halogenated alkanes) is 2. The average molecular weight is 774 g/mol. The fourth-order valence-electron chi connectivity index (χ4n) is 7.75. The number of piperidine rings is 1. The molecule has 3 aromatic carbocycles. The molecule has 1 saturated carbocycles. The Morgan fingerprint density at radius 3 is 2.38 bits per heavy atom. The number of hydrogen-bond acceptors (Lipinski definition) is 9. The molecule has 9 rings (SSSR count). The molecule has 1 atom stereocenters. The lowest BCUT2D eigenvalue weighted by Gasteiger charge is -2.35. The van der Waals surface area contributed by atoms with E-state index in [1.807, 2.05) is 55.0 Å². The van der Waals surface area contributed by atoms with Crippen LogP contribution in [0.2, 0.25) is 0 Å². The molecule has 58 heavy (non-hydrogen) atoms. The smallest absolute Gasteiger partial charge is 0.262 e. The molecule has 6 aromatic rings. The Morgan fingerprint density at radius 2 is 1.57 bits per heavy atom. The number of fused-ring (bicyclic) bond motifs is 4. The number of nitrogens with one attached hydrogen (secondary N) is 1. The first-order valence-corrected chi connectivity index (χ1v) is 19.5. The van der Waals surface area contributed by atoms with Gasteiger partial charge < -0.3 is 18.8 Å². The van der Waals surface area contributed by atoms with Crippen molar-refractivity contribution in [1.29, 1.82) is 0 Å². The summed E-state index contributed by atoms with van der Waals surface area (Å²) in [5, 5.41) is 4.53. The summed E-state index contributed by atoms with van der Waals surface area (Å²) in [7, 11) is 2.08. The molecular formula is C46H39N5O7. The highest BCUT2D eigenvalue weighted by Crippen LogP contribution is 2.34. The summed E-state index contributed by atoms with van der Waals surface area (Å²) in [6, 6.07) is 24.0. The molecule has 3 aromatic heterocycles. The van der Waals surface area contributed by atoms with Crippen LogP contribution in [0.1, 0.15) is 71.2 Å². The minimum absolute atomic E-state index is 0.0563. The van der Waals surface area contributed by atoms with Crippen molar-refractivity contribution >= 4 is 45.4 Å². The minimum Gasteiger partial charge on any atom is -0.494 e. The van der Waals surface area contributed by atoms with Crippen LogP contribution in [0, 0.1) is 11.8 Å². The average Bonchev–Trinajstić information content (AvgIpc) is 3.65. The zero-order valence-electron chi connectivity index (χ0n) is 31.8. The molecule has 1 aliphatic carbocycles. The first kappa shape index (κ1) is 36.6. The summed E-state index contributed by atoms with van der Waals surface area (Å²) < 4.78 is 20.4. The van der Waals surface area contributed by atoms with Crippen LogP contribution in [-0.4, -0.2) is 67.9 Å². The van der Waals surface area contributed by atoms with Crippen molar-refractivity contribution in [3.8, 4) is 40.3 Å². The van der Waals surface area contributed by atoms with Gasteiger partial charge in [-0.15, -0.1) is 0 Å². The Labute approximate surface area is 334 Å². The number of carbonyl (C=O) groups is 4. The quantitative estimate of drug-likeness (QED) is 0.0857. The number of imide groups is 2. The van der Waals surface area contributed by atoms with Crippen LogP contribution in [0.4, 0.5) is 0 Å². The van der Waals surface area contributed by atoms with Gasteiger partial charge in [-0.3, -0.25) is 34.4 Å². The second-order valence-electron chi connectivity index (χ2n) is 14.8. The van der Waals surface area contributed by atoms with Crippen LogP contribution in [0.25, 0.3) is 32.9 Å². The molecule has 12 nitrogen and oxygen atoms in total. The molecule has 4 amide bonds. The number of pyridine rings is 2. The second-order valence-corrected chi connectivity index (χ2v) is 14.8. The molecule has 5 heterocycles. The van der Waals surface area contributed by atoms with E-state index in [9.17, 15) is 19.2 Å². The Hall–Kier alpha value is -7.00. The number of rotatable bonds is 11. The van der Waals surface area contributed by atoms with Crippen LogP contribution >= 0.6 is 0 Å². The molecule has 290 valence electrons. The van der Waals surface area contributed by atoms with Crippen LogP contribution in [-0.2, 0) is 16.6 Å². The van der Waals surface area contributed by atoms with E-state index in [1.165, 1.54) is 11.5 Å². The van der Waals surface area contributed by atoms with Crippen molar-refractivity contribution < 1.29 is 33.4 Å². The van der Waals surface area contributed by atoms with E-state index in [0.717, 1.165) is 69.4 Å². The summed E-state index contributed by atoms with van der Waals surface area (Å²) in [5.41, 5.74) is 5.76. The highest BCUT2D eigenvalue weighted by atomic mass is 16.5. The van der Waals surface area contributed by atoms with Gasteiger partial charge in [0.05, 0.1) is 23.3 Å². The third kappa shape index (κ3) is 7.23. The van der Waals surface area contributed by atoms with Gasteiger partial charge in [0.1, 0.15) is 29.7 Å². The van der Waals surface area contributed by atoms with Gasteiger partial charge in [0.2, 0.25) is 17.7 Å². The highest BCUT2D eigenvalue weighted by Gasteiger charge is 2.44. The Kier molecular flexibility index (Phi) is 9.79. The van der Waals surface area contributed by atoms with Crippen molar-refractivity contribution in [3.63, 3.8) is 0 Å². The van der Waals surface area contributed by atoms with E-state index >= 15 is 0 Å². The Bertz CT molecular complexity index is 2650. The van der Waals surface area contributed by atoms with Crippen molar-refractivity contribution in [2.45, 2.75) is 63.2 Å². The summed E-state index contributed by atoms with van der Waals surface area (Å²) in [4.78, 5) is 59.6. The largest absolute Gasteiger partial charge is 0.494 e. The number of aromatic nitrogens is 3. The number of carbonyl (C=O) groups excluding carboxylic acids is 4. The van der Waals surface area contributed by atoms with Gasteiger partial charge in [-0.1, -0.05) is 24.0 Å². The van der Waals surface area contributed by atoms with Gasteiger partial charge in [0, 0.05) is 84.8 Å². The number of benzene rings is 3. The van der Waals surface area contributed by atoms with Gasteiger partial charge in [-0.2, -0.15) is 0 Å². The highest BCUT2D eigenvalue weighted by molar-refractivity contribution is 6.23. The number of nitrogens with zero attached hydrogens (tertiary/aromatic N) is 4. The van der Waals surface area contributed by atoms with E-state index < -0.39 is 29.7 Å². The summed E-state index contributed by atoms with van der Waals surface area (Å²) >= 11 is 0. The SMILES string of the molecule is Cn1c2ccncc2c2ccc(-c3ccc(OC4CC(Oc5ccc(C#CCCCCOc6ccc7c(c6)C(=O)N(C6CCC(=O)NC6=O)C7=O)cc5)C4)nc3)cc21. The fraction of sp³-hybridized carbons (Fsp3) is 0.261. The summed E-state index contributed by atoms with van der Waals surface area (Å²) in [6.45, 7) is 0.421. The van der Waals surface area contributed by atoms with E-state index in [2.05, 4.69) is 63.0 Å². The third-order valence-electron chi connectivity index (χ3n) is 11.0. The molecule has 1 unspecified atom stereocenters. The van der Waals surface area contributed by atoms with E-state index in [1.54, 1.807) is 12.1 Å². The molecule has 3 aliphatic rings. The maximum atomic E-state index is 13.0. The topological polar surface area (TPSA) is 142 Å². The van der Waals surface area contributed by atoms with Crippen molar-refractivity contribution in [2.75, 3.05) is 6.61 Å². The monoisotopic (exact) mass is 773 g/mol. The molecule has 0 bridgehead atoms. The van der Waals surface area contributed by atoms with Crippen LogP contribution < -0.4 is 19.5 Å². The molecule has 2 fully saturated rings. The van der Waals surface area contributed by atoms with Crippen molar-refractivity contribution in [3.05, 3.63) is 114 Å². The molecule has 1 saturated heterocycles. The van der Waals surface area contributed by atoms with E-state index in [-0.39, 0.29) is 36.2 Å². The standard InChI is InChI=1S/C46H39N5O7/c1-50-39-19-20-47-27-38(39)35-14-9-29(22-41(35)50)30-10-18-43(48-26-30)58-34-23-33(24-34)57-31-11-7-28(8-12-31)6-4-2-3-5-21-56-32-13-15-36-37(25-32)46(55)51(45(36)54)40-16-17-42(52)49-44(40)53/h7-15,18-20,22,25-27,33-34,40H,2-3,5,16-17,21,23-24H2,1H3,(H,49,52,53). The molecule has 0 radical (unpaired) electrons. The zero-order valence-corrected chi connectivity index (χ0v) is 31.8. The van der Waals surface area contributed by atoms with Crippen LogP contribution in [0.15, 0.2) is 97.5 Å². The number of amides is 4. The maximum absolute atomic E-state index is 13.0. The van der Waals surface area contributed by atoms with E-state index in [4.69, 9.17) is 14.2 Å². The number of hydrogen-bond donors (Lipinski definition) is 1. The van der Waals surface area contributed by atoms with Crippen molar-refractivity contribution in [2.24, 2.45) is 7.05 Å². The predicted molar refractivity (Wildman–Crippen MR) is 215 cm³/mol. The molecule has 12 heteroatoms. The van der Waals surface area contributed by atoms with Gasteiger partial charge in [-0.25, -0.2) is 4.98 Å².